The van der Waals surface area contributed by atoms with Gasteiger partial charge in [-0.05, 0) is 54.0 Å². The van der Waals surface area contributed by atoms with Gasteiger partial charge in [0.2, 0.25) is 0 Å². The van der Waals surface area contributed by atoms with Crippen LogP contribution in [0.1, 0.15) is 22.7 Å². The number of ether oxygens (including phenoxy) is 1. The van der Waals surface area contributed by atoms with E-state index >= 15 is 0 Å². The minimum Gasteiger partial charge on any atom is -0.495 e. The number of aromatic nitrogens is 1. The molecular weight excluding hydrogens is 422 g/mol. The van der Waals surface area contributed by atoms with Crippen LogP contribution in [0.3, 0.4) is 0 Å². The summed E-state index contributed by atoms with van der Waals surface area (Å²) in [5.41, 5.74) is 4.87. The van der Waals surface area contributed by atoms with Gasteiger partial charge in [0.25, 0.3) is 0 Å². The molecule has 0 spiro atoms. The second kappa shape index (κ2) is 8.96. The zero-order chi connectivity index (χ0) is 22.1. The van der Waals surface area contributed by atoms with Crippen LogP contribution in [0.15, 0.2) is 65.7 Å². The molecule has 3 aliphatic heterocycles. The fraction of sp³-hybridized carbons (Fsp3) is 0.360. The number of benzene rings is 1. The Kier molecular flexibility index (Phi) is 5.89. The molecular formula is C25H28ClN5O. The molecule has 6 nitrogen and oxygen atoms in total. The monoisotopic (exact) mass is 449 g/mol. The average Bonchev–Trinajstić information content (AvgIpc) is 3.24. The van der Waals surface area contributed by atoms with Gasteiger partial charge in [-0.1, -0.05) is 11.6 Å². The Labute approximate surface area is 194 Å². The van der Waals surface area contributed by atoms with Crippen LogP contribution in [0.4, 0.5) is 0 Å². The highest BCUT2D eigenvalue weighted by Crippen LogP contribution is 2.35. The number of amidine groups is 1. The third kappa shape index (κ3) is 4.25. The molecule has 1 atom stereocenters. The Morgan fingerprint density at radius 2 is 1.91 bits per heavy atom. The normalized spacial score (nSPS) is 20.8. The van der Waals surface area contributed by atoms with Crippen molar-refractivity contribution < 1.29 is 4.74 Å². The lowest BCUT2D eigenvalue weighted by Crippen LogP contribution is -2.45. The molecule has 1 unspecified atom stereocenters. The van der Waals surface area contributed by atoms with Crippen molar-refractivity contribution >= 4 is 17.4 Å². The van der Waals surface area contributed by atoms with Crippen LogP contribution < -0.4 is 4.74 Å². The average molecular weight is 450 g/mol. The molecule has 0 amide bonds. The molecule has 0 saturated carbocycles. The molecule has 5 rings (SSSR count). The predicted octanol–water partition coefficient (Wildman–Crippen LogP) is 4.04. The zero-order valence-corrected chi connectivity index (χ0v) is 19.3. The number of piperazine rings is 1. The van der Waals surface area contributed by atoms with E-state index in [1.807, 2.05) is 24.5 Å². The molecule has 0 aliphatic carbocycles. The molecule has 0 bridgehead atoms. The summed E-state index contributed by atoms with van der Waals surface area (Å²) in [6.45, 7) is 8.05. The second-order valence-corrected chi connectivity index (χ2v) is 8.91. The lowest BCUT2D eigenvalue weighted by molar-refractivity contribution is 0.155. The van der Waals surface area contributed by atoms with Crippen LogP contribution in [-0.2, 0) is 6.54 Å². The third-order valence-corrected chi connectivity index (χ3v) is 6.74. The summed E-state index contributed by atoms with van der Waals surface area (Å²) >= 11 is 6.39. The topological polar surface area (TPSA) is 44.2 Å². The standard InChI is InChI=1S/C25H28ClN5O/c1-18-13-24(32-2)22(26)15-21(18)23-17-31-8-5-20(14-25(31)28-23)30-11-9-29(10-12-30)16-19-3-6-27-7-4-19/h3-8,13-15,23H,9-12,16-17H2,1-2H3. The van der Waals surface area contributed by atoms with Gasteiger partial charge in [-0.15, -0.1) is 0 Å². The summed E-state index contributed by atoms with van der Waals surface area (Å²) in [6.07, 6.45) is 10.3. The van der Waals surface area contributed by atoms with Crippen molar-refractivity contribution in [3.8, 4) is 5.75 Å². The van der Waals surface area contributed by atoms with E-state index < -0.39 is 0 Å². The number of halogens is 1. The van der Waals surface area contributed by atoms with Crippen molar-refractivity contribution in [3.63, 3.8) is 0 Å². The number of nitrogens with zero attached hydrogens (tertiary/aromatic N) is 5. The number of methoxy groups -OCH3 is 1. The van der Waals surface area contributed by atoms with Crippen molar-refractivity contribution in [3.05, 3.63) is 82.4 Å². The summed E-state index contributed by atoms with van der Waals surface area (Å²) in [5.74, 6) is 1.74. The zero-order valence-electron chi connectivity index (χ0n) is 18.5. The molecule has 1 fully saturated rings. The highest BCUT2D eigenvalue weighted by atomic mass is 35.5. The van der Waals surface area contributed by atoms with Gasteiger partial charge in [0.05, 0.1) is 24.7 Å². The molecule has 4 heterocycles. The van der Waals surface area contributed by atoms with E-state index in [9.17, 15) is 0 Å². The second-order valence-electron chi connectivity index (χ2n) is 8.50. The van der Waals surface area contributed by atoms with Crippen molar-refractivity contribution in [2.45, 2.75) is 19.5 Å². The number of hydrogen-bond donors (Lipinski definition) is 0. The summed E-state index contributed by atoms with van der Waals surface area (Å²) in [5, 5.41) is 0.634. The summed E-state index contributed by atoms with van der Waals surface area (Å²) in [4.78, 5) is 16.3. The van der Waals surface area contributed by atoms with Crippen LogP contribution in [0.5, 0.6) is 5.75 Å². The minimum absolute atomic E-state index is 0.0749. The minimum atomic E-state index is 0.0749. The van der Waals surface area contributed by atoms with Crippen LogP contribution in [0.25, 0.3) is 0 Å². The molecule has 7 heteroatoms. The van der Waals surface area contributed by atoms with Gasteiger partial charge in [-0.2, -0.15) is 0 Å². The first-order valence-electron chi connectivity index (χ1n) is 11.1. The Balaban J connectivity index is 1.26. The van der Waals surface area contributed by atoms with E-state index in [1.165, 1.54) is 11.3 Å². The number of fused-ring (bicyclic) bond motifs is 1. The van der Waals surface area contributed by atoms with Gasteiger partial charge < -0.3 is 14.5 Å². The molecule has 3 aliphatic rings. The Morgan fingerprint density at radius 3 is 2.66 bits per heavy atom. The molecule has 0 radical (unpaired) electrons. The maximum absolute atomic E-state index is 6.39. The molecule has 32 heavy (non-hydrogen) atoms. The van der Waals surface area contributed by atoms with Gasteiger partial charge in [-0.3, -0.25) is 14.9 Å². The lowest BCUT2D eigenvalue weighted by atomic mass is 10.0. The Morgan fingerprint density at radius 1 is 1.12 bits per heavy atom. The number of hydrogen-bond acceptors (Lipinski definition) is 6. The first kappa shape index (κ1) is 21.0. The number of aliphatic imine (C=N–C) groups is 1. The van der Waals surface area contributed by atoms with Gasteiger partial charge in [0.1, 0.15) is 11.6 Å². The lowest BCUT2D eigenvalue weighted by Gasteiger charge is -2.37. The SMILES string of the molecule is COc1cc(C)c(C2CN3C=CC(N4CCN(Cc5ccncc5)CC4)=CC3=N2)cc1Cl. The molecule has 166 valence electrons. The van der Waals surface area contributed by atoms with Crippen molar-refractivity contribution in [1.82, 2.24) is 19.7 Å². The van der Waals surface area contributed by atoms with Crippen molar-refractivity contribution in [1.29, 1.82) is 0 Å². The smallest absolute Gasteiger partial charge is 0.137 e. The van der Waals surface area contributed by atoms with E-state index in [-0.39, 0.29) is 6.04 Å². The quantitative estimate of drug-likeness (QED) is 0.689. The van der Waals surface area contributed by atoms with Gasteiger partial charge in [-0.25, -0.2) is 0 Å². The maximum atomic E-state index is 6.39. The van der Waals surface area contributed by atoms with Crippen LogP contribution in [-0.4, -0.2) is 65.4 Å². The van der Waals surface area contributed by atoms with Crippen molar-refractivity contribution in [2.75, 3.05) is 39.8 Å². The van der Waals surface area contributed by atoms with Crippen LogP contribution in [0, 0.1) is 6.92 Å². The predicted molar refractivity (Wildman–Crippen MR) is 128 cm³/mol. The number of rotatable bonds is 5. The van der Waals surface area contributed by atoms with Gasteiger partial charge >= 0.3 is 0 Å². The molecule has 2 aromatic rings. The Bertz CT molecular complexity index is 1070. The van der Waals surface area contributed by atoms with E-state index in [2.05, 4.69) is 57.1 Å². The molecule has 0 N–H and O–H groups in total. The maximum Gasteiger partial charge on any atom is 0.137 e. The van der Waals surface area contributed by atoms with Crippen LogP contribution in [0.2, 0.25) is 5.02 Å². The molecule has 1 aromatic heterocycles. The summed E-state index contributed by atoms with van der Waals surface area (Å²) in [6, 6.07) is 8.27. The molecule has 1 aromatic carbocycles. The van der Waals surface area contributed by atoms with Crippen molar-refractivity contribution in [2.24, 2.45) is 4.99 Å². The third-order valence-electron chi connectivity index (χ3n) is 6.45. The number of allylic oxidation sites excluding steroid dienone is 1. The number of aryl methyl sites for hydroxylation is 1. The first-order chi connectivity index (χ1) is 15.6. The largest absolute Gasteiger partial charge is 0.495 e. The summed E-state index contributed by atoms with van der Waals surface area (Å²) in [7, 11) is 1.65. The number of pyridine rings is 1. The highest BCUT2D eigenvalue weighted by molar-refractivity contribution is 6.32. The Hall–Kier alpha value is -2.83. The van der Waals surface area contributed by atoms with Gasteiger partial charge in [0.15, 0.2) is 0 Å². The van der Waals surface area contributed by atoms with E-state index in [1.54, 1.807) is 7.11 Å². The van der Waals surface area contributed by atoms with E-state index in [4.69, 9.17) is 21.3 Å². The first-order valence-corrected chi connectivity index (χ1v) is 11.4. The van der Waals surface area contributed by atoms with Crippen LogP contribution >= 0.6 is 11.6 Å². The summed E-state index contributed by atoms with van der Waals surface area (Å²) < 4.78 is 5.35. The fourth-order valence-electron chi connectivity index (χ4n) is 4.62. The highest BCUT2D eigenvalue weighted by Gasteiger charge is 2.29. The molecule has 1 saturated heterocycles. The van der Waals surface area contributed by atoms with E-state index in [0.29, 0.717) is 10.8 Å². The fourth-order valence-corrected chi connectivity index (χ4v) is 4.87. The van der Waals surface area contributed by atoms with E-state index in [0.717, 1.165) is 56.2 Å². The van der Waals surface area contributed by atoms with Gasteiger partial charge in [0, 0.05) is 63.1 Å².